The predicted octanol–water partition coefficient (Wildman–Crippen LogP) is 3.39. The molecule has 6 nitrogen and oxygen atoms in total. The molecular weight excluding hydrogens is 381 g/mol. The summed E-state index contributed by atoms with van der Waals surface area (Å²) in [7, 11) is -0.825. The zero-order valence-corrected chi connectivity index (χ0v) is 16.7. The number of aliphatic hydroxyl groups excluding tert-OH is 1. The van der Waals surface area contributed by atoms with Gasteiger partial charge in [0.25, 0.3) is 11.8 Å². The summed E-state index contributed by atoms with van der Waals surface area (Å²) >= 11 is 0. The minimum Gasteiger partial charge on any atom is -0.394 e. The second kappa shape index (κ2) is 8.12. The smallest absolute Gasteiger partial charge is 0.251 e. The van der Waals surface area contributed by atoms with Crippen molar-refractivity contribution in [3.63, 3.8) is 0 Å². The van der Waals surface area contributed by atoms with Gasteiger partial charge in [0, 0.05) is 11.1 Å². The molecule has 1 aromatic heterocycles. The zero-order valence-electron chi connectivity index (χ0n) is 15.8. The second-order valence-electron chi connectivity index (χ2n) is 7.03. The third-order valence-electron chi connectivity index (χ3n) is 4.15. The molecule has 3 aromatic rings. The lowest BCUT2D eigenvalue weighted by Gasteiger charge is -2.25. The number of halogens is 1. The number of aromatic nitrogens is 2. The summed E-state index contributed by atoms with van der Waals surface area (Å²) < 4.78 is 18.2. The number of aliphatic hydroxyl groups is 1. The van der Waals surface area contributed by atoms with E-state index in [4.69, 9.17) is 4.52 Å². The van der Waals surface area contributed by atoms with Crippen molar-refractivity contribution in [2.45, 2.75) is 10.9 Å². The van der Waals surface area contributed by atoms with E-state index < -0.39 is 34.4 Å². The quantitative estimate of drug-likeness (QED) is 0.659. The number of amides is 1. The van der Waals surface area contributed by atoms with Crippen LogP contribution < -0.4 is 5.32 Å². The topological polar surface area (TPSA) is 88.3 Å². The van der Waals surface area contributed by atoms with E-state index in [0.717, 1.165) is 5.56 Å². The van der Waals surface area contributed by atoms with Gasteiger partial charge >= 0.3 is 0 Å². The van der Waals surface area contributed by atoms with Crippen molar-refractivity contribution < 1.29 is 18.8 Å². The molecule has 1 amide bonds. The minimum atomic E-state index is -0.864. The summed E-state index contributed by atoms with van der Waals surface area (Å²) in [4.78, 5) is 17.8. The number of hydrogen-bond donors (Lipinski definition) is 2. The molecule has 0 fully saturated rings. The summed E-state index contributed by atoms with van der Waals surface area (Å²) in [5.74, 6) is -0.439. The van der Waals surface area contributed by atoms with Gasteiger partial charge in [0.2, 0.25) is 5.82 Å². The van der Waals surface area contributed by atoms with E-state index >= 15 is 0 Å². The monoisotopic (exact) mass is 403 g/mol. The molecule has 0 saturated carbocycles. The van der Waals surface area contributed by atoms with Crippen molar-refractivity contribution in [2.24, 2.45) is 0 Å². The van der Waals surface area contributed by atoms with Crippen LogP contribution in [0.3, 0.4) is 0 Å². The fraction of sp³-hybridized carbons (Fsp3) is 0.250. The highest BCUT2D eigenvalue weighted by atomic mass is 32.3. The normalized spacial score (nSPS) is 13.2. The summed E-state index contributed by atoms with van der Waals surface area (Å²) in [6.07, 6.45) is 6.64. The molecule has 148 valence electrons. The molecule has 0 aliphatic rings. The maximum absolute atomic E-state index is 13.0. The lowest BCUT2D eigenvalue weighted by Crippen LogP contribution is -2.31. The van der Waals surface area contributed by atoms with Crippen molar-refractivity contribution in [3.05, 3.63) is 65.8 Å². The van der Waals surface area contributed by atoms with E-state index in [2.05, 4.69) is 34.2 Å². The highest BCUT2D eigenvalue weighted by molar-refractivity contribution is 8.32. The van der Waals surface area contributed by atoms with Gasteiger partial charge in [-0.3, -0.25) is 4.79 Å². The average molecular weight is 403 g/mol. The minimum absolute atomic E-state index is 0.0958. The van der Waals surface area contributed by atoms with Crippen LogP contribution in [0.5, 0.6) is 0 Å². The van der Waals surface area contributed by atoms with E-state index in [-0.39, 0.29) is 11.5 Å². The first-order valence-electron chi connectivity index (χ1n) is 8.57. The van der Waals surface area contributed by atoms with Crippen LogP contribution >= 0.6 is 10.0 Å². The van der Waals surface area contributed by atoms with Gasteiger partial charge in [-0.2, -0.15) is 4.98 Å². The van der Waals surface area contributed by atoms with Gasteiger partial charge in [0.15, 0.2) is 0 Å². The van der Waals surface area contributed by atoms with Gasteiger partial charge in [-0.1, -0.05) is 17.3 Å². The van der Waals surface area contributed by atoms with Crippen LogP contribution in [0.1, 0.15) is 22.3 Å². The van der Waals surface area contributed by atoms with Gasteiger partial charge in [-0.25, -0.2) is 14.4 Å². The highest BCUT2D eigenvalue weighted by Crippen LogP contribution is 2.45. The van der Waals surface area contributed by atoms with Gasteiger partial charge in [0.1, 0.15) is 11.9 Å². The molecule has 3 rings (SSSR count). The molecule has 28 heavy (non-hydrogen) atoms. The van der Waals surface area contributed by atoms with Crippen LogP contribution in [0, 0.1) is 5.82 Å². The lowest BCUT2D eigenvalue weighted by molar-refractivity contribution is 0.0901. The Hall–Kier alpha value is -2.71. The van der Waals surface area contributed by atoms with E-state index in [1.54, 1.807) is 0 Å². The number of nitrogens with one attached hydrogen (secondary N) is 1. The number of hydrogen-bond acceptors (Lipinski definition) is 5. The van der Waals surface area contributed by atoms with Crippen molar-refractivity contribution in [3.8, 4) is 11.4 Å². The molecule has 0 spiro atoms. The zero-order chi connectivity index (χ0) is 20.3. The Balaban J connectivity index is 1.75. The van der Waals surface area contributed by atoms with Crippen LogP contribution in [-0.4, -0.2) is 46.5 Å². The van der Waals surface area contributed by atoms with Crippen molar-refractivity contribution in [1.82, 2.24) is 15.5 Å². The van der Waals surface area contributed by atoms with Gasteiger partial charge in [-0.15, -0.1) is 0 Å². The van der Waals surface area contributed by atoms with Crippen LogP contribution in [0.15, 0.2) is 57.9 Å². The van der Waals surface area contributed by atoms with E-state index in [1.807, 2.05) is 24.3 Å². The first-order valence-corrected chi connectivity index (χ1v) is 11.4. The first-order chi connectivity index (χ1) is 13.3. The standard InChI is InChI=1S/C20H22FN3O3S/c1-28(2,3)16-10-6-13(7-11-16)18-23-20(27-24-18)17(12-25)22-19(26)14-4-8-15(21)9-5-14/h4-11,17,25H,12H2,1-3H3,(H,22,26)/t17-/m0/s1. The molecule has 2 aromatic carbocycles. The molecule has 0 bridgehead atoms. The molecule has 2 N–H and O–H groups in total. The summed E-state index contributed by atoms with van der Waals surface area (Å²) in [6, 6.07) is 12.2. The third kappa shape index (κ3) is 4.58. The molecule has 0 saturated heterocycles. The van der Waals surface area contributed by atoms with Crippen LogP contribution in [0.4, 0.5) is 4.39 Å². The van der Waals surface area contributed by atoms with Gasteiger partial charge in [0.05, 0.1) is 6.61 Å². The average Bonchev–Trinajstić information content (AvgIpc) is 3.16. The number of carbonyl (C=O) groups is 1. The maximum Gasteiger partial charge on any atom is 0.251 e. The molecule has 0 aliphatic heterocycles. The molecule has 0 radical (unpaired) electrons. The summed E-state index contributed by atoms with van der Waals surface area (Å²) in [6.45, 7) is -0.416. The Morgan fingerprint density at radius 3 is 2.36 bits per heavy atom. The maximum atomic E-state index is 13.0. The Kier molecular flexibility index (Phi) is 5.81. The largest absolute Gasteiger partial charge is 0.394 e. The van der Waals surface area contributed by atoms with Crippen molar-refractivity contribution >= 4 is 15.9 Å². The Bertz CT molecular complexity index is 950. The molecule has 8 heteroatoms. The Morgan fingerprint density at radius 1 is 1.14 bits per heavy atom. The van der Waals surface area contributed by atoms with Gasteiger partial charge < -0.3 is 14.9 Å². The number of carbonyl (C=O) groups excluding carboxylic acids is 1. The van der Waals surface area contributed by atoms with Crippen molar-refractivity contribution in [2.75, 3.05) is 25.4 Å². The number of rotatable bonds is 6. The van der Waals surface area contributed by atoms with Crippen LogP contribution in [0.2, 0.25) is 0 Å². The highest BCUT2D eigenvalue weighted by Gasteiger charge is 2.22. The summed E-state index contributed by atoms with van der Waals surface area (Å²) in [5.41, 5.74) is 1.05. The Morgan fingerprint density at radius 2 is 1.79 bits per heavy atom. The molecule has 1 atom stereocenters. The van der Waals surface area contributed by atoms with E-state index in [1.165, 1.54) is 29.2 Å². The fourth-order valence-corrected chi connectivity index (χ4v) is 3.49. The molecule has 0 aliphatic carbocycles. The molecule has 1 heterocycles. The predicted molar refractivity (Wildman–Crippen MR) is 107 cm³/mol. The van der Waals surface area contributed by atoms with Gasteiger partial charge in [-0.05, 0) is 60.1 Å². The van der Waals surface area contributed by atoms with Crippen molar-refractivity contribution in [1.29, 1.82) is 0 Å². The SMILES string of the molecule is CS(C)(C)c1ccc(-c2noc([C@H](CO)NC(=O)c3ccc(F)cc3)n2)cc1. The molecular formula is C20H22FN3O3S. The second-order valence-corrected chi connectivity index (χ2v) is 11.2. The fourth-order valence-electron chi connectivity index (χ4n) is 2.53. The van der Waals surface area contributed by atoms with E-state index in [0.29, 0.717) is 5.82 Å². The Labute approximate surface area is 164 Å². The first kappa shape index (κ1) is 20.0. The third-order valence-corrected chi connectivity index (χ3v) is 5.84. The van der Waals surface area contributed by atoms with E-state index in [9.17, 15) is 14.3 Å². The number of nitrogens with zero attached hydrogens (tertiary/aromatic N) is 2. The molecule has 0 unspecified atom stereocenters. The summed E-state index contributed by atoms with van der Waals surface area (Å²) in [5, 5.41) is 16.2. The van der Waals surface area contributed by atoms with Crippen LogP contribution in [-0.2, 0) is 0 Å². The lowest BCUT2D eigenvalue weighted by atomic mass is 10.2. The van der Waals surface area contributed by atoms with Crippen LogP contribution in [0.25, 0.3) is 11.4 Å². The number of benzene rings is 2.